The van der Waals surface area contributed by atoms with Crippen LogP contribution in [0.15, 0.2) is 33.2 Å². The average molecular weight is 510 g/mol. The zero-order valence-corrected chi connectivity index (χ0v) is 17.6. The van der Waals surface area contributed by atoms with Crippen LogP contribution in [0.1, 0.15) is 24.8 Å². The molecule has 1 amide bonds. The SMILES string of the molecule is O=C(COc1ccc(Br)cc1)N[C@@H]1CC[C@@H](c2nnc(OCCOC(F)(F)F)o2)OC1. The van der Waals surface area contributed by atoms with E-state index in [1.165, 1.54) is 0 Å². The smallest absolute Gasteiger partial charge is 0.484 e. The van der Waals surface area contributed by atoms with Crippen molar-refractivity contribution in [2.24, 2.45) is 0 Å². The van der Waals surface area contributed by atoms with E-state index in [0.717, 1.165) is 4.47 Å². The molecule has 1 aromatic carbocycles. The van der Waals surface area contributed by atoms with Crippen molar-refractivity contribution >= 4 is 21.8 Å². The van der Waals surface area contributed by atoms with Crippen molar-refractivity contribution in [2.45, 2.75) is 31.3 Å². The summed E-state index contributed by atoms with van der Waals surface area (Å²) in [6, 6.07) is 6.92. The number of halogens is 4. The number of hydrogen-bond acceptors (Lipinski definition) is 8. The summed E-state index contributed by atoms with van der Waals surface area (Å²) < 4.78 is 61.4. The standard InChI is InChI=1S/C18H19BrF3N3O6/c19-11-1-4-13(5-2-11)28-10-15(26)23-12-3-6-14(29-9-12)16-24-25-17(31-16)27-7-8-30-18(20,21)22/h1-2,4-5,12,14H,3,6-10H2,(H,23,26)/t12-,14+/m1/s1. The van der Waals surface area contributed by atoms with E-state index in [1.807, 2.05) is 12.1 Å². The second-order valence-corrected chi connectivity index (χ2v) is 7.37. The Morgan fingerprint density at radius 1 is 1.16 bits per heavy atom. The molecule has 9 nitrogen and oxygen atoms in total. The molecule has 31 heavy (non-hydrogen) atoms. The van der Waals surface area contributed by atoms with E-state index >= 15 is 0 Å². The van der Waals surface area contributed by atoms with Gasteiger partial charge in [-0.1, -0.05) is 21.0 Å². The van der Waals surface area contributed by atoms with Gasteiger partial charge in [0.1, 0.15) is 18.5 Å². The highest BCUT2D eigenvalue weighted by Crippen LogP contribution is 2.28. The van der Waals surface area contributed by atoms with Crippen LogP contribution in [0.3, 0.4) is 0 Å². The summed E-state index contributed by atoms with van der Waals surface area (Å²) in [7, 11) is 0. The minimum atomic E-state index is -4.73. The maximum atomic E-state index is 12.1. The Hall–Kier alpha value is -2.38. The molecule has 0 spiro atoms. The molecule has 0 aliphatic carbocycles. The first-order chi connectivity index (χ1) is 14.8. The Labute approximate surface area is 183 Å². The molecule has 1 aromatic heterocycles. The summed E-state index contributed by atoms with van der Waals surface area (Å²) in [5.74, 6) is 0.456. The highest BCUT2D eigenvalue weighted by atomic mass is 79.9. The molecule has 1 saturated heterocycles. The van der Waals surface area contributed by atoms with Gasteiger partial charge >= 0.3 is 12.4 Å². The topological polar surface area (TPSA) is 105 Å². The fourth-order valence-corrected chi connectivity index (χ4v) is 2.97. The number of nitrogens with zero attached hydrogens (tertiary/aromatic N) is 2. The third kappa shape index (κ3) is 7.99. The van der Waals surface area contributed by atoms with Crippen molar-refractivity contribution in [3.05, 3.63) is 34.6 Å². The van der Waals surface area contributed by atoms with Gasteiger partial charge in [-0.3, -0.25) is 9.53 Å². The molecule has 2 aromatic rings. The first-order valence-corrected chi connectivity index (χ1v) is 10.0. The highest BCUT2D eigenvalue weighted by Gasteiger charge is 2.30. The highest BCUT2D eigenvalue weighted by molar-refractivity contribution is 9.10. The molecular weight excluding hydrogens is 491 g/mol. The molecule has 2 atom stereocenters. The molecular formula is C18H19BrF3N3O6. The Balaban J connectivity index is 1.35. The summed E-state index contributed by atoms with van der Waals surface area (Å²) in [6.07, 6.45) is -4.39. The van der Waals surface area contributed by atoms with Crippen LogP contribution in [-0.2, 0) is 14.3 Å². The van der Waals surface area contributed by atoms with Crippen molar-refractivity contribution in [1.29, 1.82) is 0 Å². The normalized spacial score (nSPS) is 19.1. The number of carbonyl (C=O) groups excluding carboxylic acids is 1. The van der Waals surface area contributed by atoms with Crippen LogP contribution in [0.4, 0.5) is 13.2 Å². The van der Waals surface area contributed by atoms with Crippen LogP contribution in [0, 0.1) is 0 Å². The van der Waals surface area contributed by atoms with Gasteiger partial charge in [0, 0.05) is 4.47 Å². The number of amides is 1. The van der Waals surface area contributed by atoms with Gasteiger partial charge < -0.3 is 23.9 Å². The van der Waals surface area contributed by atoms with Gasteiger partial charge in [0.2, 0.25) is 5.89 Å². The van der Waals surface area contributed by atoms with Crippen molar-refractivity contribution in [2.75, 3.05) is 26.4 Å². The van der Waals surface area contributed by atoms with E-state index in [2.05, 4.69) is 36.2 Å². The summed E-state index contributed by atoms with van der Waals surface area (Å²) in [5, 5.41) is 10.2. The molecule has 3 rings (SSSR count). The van der Waals surface area contributed by atoms with Gasteiger partial charge in [0.15, 0.2) is 6.61 Å². The Bertz CT molecular complexity index is 841. The number of alkyl halides is 3. The summed E-state index contributed by atoms with van der Waals surface area (Å²) in [6.45, 7) is -0.992. The molecule has 1 fully saturated rings. The lowest BCUT2D eigenvalue weighted by Gasteiger charge is -2.27. The van der Waals surface area contributed by atoms with E-state index < -0.39 is 25.7 Å². The zero-order valence-electron chi connectivity index (χ0n) is 16.1. The van der Waals surface area contributed by atoms with E-state index in [9.17, 15) is 18.0 Å². The Kier molecular flexibility index (Phi) is 8.09. The van der Waals surface area contributed by atoms with Crippen LogP contribution < -0.4 is 14.8 Å². The zero-order chi connectivity index (χ0) is 22.3. The van der Waals surface area contributed by atoms with Gasteiger partial charge in [0.25, 0.3) is 5.91 Å². The first kappa shape index (κ1) is 23.3. The van der Waals surface area contributed by atoms with Crippen molar-refractivity contribution in [3.63, 3.8) is 0 Å². The van der Waals surface area contributed by atoms with Gasteiger partial charge in [-0.05, 0) is 37.1 Å². The lowest BCUT2D eigenvalue weighted by Crippen LogP contribution is -2.43. The molecule has 170 valence electrons. The lowest BCUT2D eigenvalue weighted by molar-refractivity contribution is -0.325. The van der Waals surface area contributed by atoms with Crippen LogP contribution in [-0.4, -0.2) is 54.9 Å². The number of aromatic nitrogens is 2. The second kappa shape index (κ2) is 10.8. The third-order valence-corrected chi connectivity index (χ3v) is 4.63. The molecule has 1 N–H and O–H groups in total. The van der Waals surface area contributed by atoms with Gasteiger partial charge in [-0.2, -0.15) is 0 Å². The number of ether oxygens (including phenoxy) is 4. The quantitative estimate of drug-likeness (QED) is 0.514. The van der Waals surface area contributed by atoms with Crippen LogP contribution in [0.25, 0.3) is 0 Å². The molecule has 1 aliphatic rings. The van der Waals surface area contributed by atoms with Gasteiger partial charge in [-0.15, -0.1) is 18.3 Å². The van der Waals surface area contributed by atoms with Crippen LogP contribution in [0.2, 0.25) is 0 Å². The average Bonchev–Trinajstić information content (AvgIpc) is 3.20. The van der Waals surface area contributed by atoms with E-state index in [4.69, 9.17) is 18.6 Å². The number of rotatable bonds is 9. The van der Waals surface area contributed by atoms with Crippen LogP contribution in [0.5, 0.6) is 11.8 Å². The molecule has 0 bridgehead atoms. The monoisotopic (exact) mass is 509 g/mol. The fraction of sp³-hybridized carbons (Fsp3) is 0.500. The van der Waals surface area contributed by atoms with Crippen molar-refractivity contribution in [3.8, 4) is 11.8 Å². The number of carbonyl (C=O) groups is 1. The maximum Gasteiger partial charge on any atom is 0.522 e. The van der Waals surface area contributed by atoms with E-state index in [1.54, 1.807) is 12.1 Å². The molecule has 13 heteroatoms. The number of nitrogens with one attached hydrogen (secondary N) is 1. The van der Waals surface area contributed by atoms with Gasteiger partial charge in [-0.25, -0.2) is 0 Å². The fourth-order valence-electron chi connectivity index (χ4n) is 2.70. The minimum Gasteiger partial charge on any atom is -0.484 e. The molecule has 0 saturated carbocycles. The second-order valence-electron chi connectivity index (χ2n) is 6.46. The largest absolute Gasteiger partial charge is 0.522 e. The summed E-state index contributed by atoms with van der Waals surface area (Å²) in [4.78, 5) is 12.1. The lowest BCUT2D eigenvalue weighted by atomic mass is 10.1. The summed E-state index contributed by atoms with van der Waals surface area (Å²) >= 11 is 3.32. The Morgan fingerprint density at radius 2 is 1.94 bits per heavy atom. The minimum absolute atomic E-state index is 0.121. The molecule has 0 unspecified atom stereocenters. The van der Waals surface area contributed by atoms with Crippen LogP contribution >= 0.6 is 15.9 Å². The predicted molar refractivity (Wildman–Crippen MR) is 101 cm³/mol. The van der Waals surface area contributed by atoms with Gasteiger partial charge in [0.05, 0.1) is 19.3 Å². The number of hydrogen-bond donors (Lipinski definition) is 1. The predicted octanol–water partition coefficient (Wildman–Crippen LogP) is 3.16. The number of benzene rings is 1. The first-order valence-electron chi connectivity index (χ1n) is 9.25. The summed E-state index contributed by atoms with van der Waals surface area (Å²) in [5.41, 5.74) is 0. The van der Waals surface area contributed by atoms with E-state index in [-0.39, 0.29) is 37.1 Å². The molecule has 1 aliphatic heterocycles. The molecule has 2 heterocycles. The van der Waals surface area contributed by atoms with Crippen molar-refractivity contribution < 1.29 is 41.3 Å². The Morgan fingerprint density at radius 3 is 2.61 bits per heavy atom. The maximum absolute atomic E-state index is 12.1. The third-order valence-electron chi connectivity index (χ3n) is 4.10. The van der Waals surface area contributed by atoms with E-state index in [0.29, 0.717) is 18.6 Å². The van der Waals surface area contributed by atoms with Crippen molar-refractivity contribution in [1.82, 2.24) is 15.5 Å². The molecule has 0 radical (unpaired) electrons.